The molecule has 24 heavy (non-hydrogen) atoms. The number of carbonyl (C=O) groups excluding carboxylic acids is 2. The Morgan fingerprint density at radius 1 is 1.08 bits per heavy atom. The lowest BCUT2D eigenvalue weighted by atomic mass is 10.2. The van der Waals surface area contributed by atoms with E-state index < -0.39 is 10.0 Å². The third-order valence-corrected chi connectivity index (χ3v) is 6.47. The average Bonchev–Trinajstić information content (AvgIpc) is 3.40. The van der Waals surface area contributed by atoms with E-state index in [9.17, 15) is 18.0 Å². The molecule has 7 heteroatoms. The van der Waals surface area contributed by atoms with Gasteiger partial charge < -0.3 is 4.90 Å². The molecule has 130 valence electrons. The first kappa shape index (κ1) is 17.1. The zero-order valence-corrected chi connectivity index (χ0v) is 14.6. The summed E-state index contributed by atoms with van der Waals surface area (Å²) >= 11 is 0. The van der Waals surface area contributed by atoms with Gasteiger partial charge in [0.05, 0.1) is 4.90 Å². The number of ketones is 1. The van der Waals surface area contributed by atoms with Gasteiger partial charge in [0.25, 0.3) is 0 Å². The highest BCUT2D eigenvalue weighted by Gasteiger charge is 2.35. The predicted octanol–water partition coefficient (Wildman–Crippen LogP) is 1.52. The fourth-order valence-corrected chi connectivity index (χ4v) is 4.48. The molecule has 2 aliphatic rings. The molecule has 6 nitrogen and oxygen atoms in total. The second-order valence-corrected chi connectivity index (χ2v) is 8.38. The second-order valence-electron chi connectivity index (χ2n) is 6.44. The van der Waals surface area contributed by atoms with E-state index in [-0.39, 0.29) is 22.5 Å². The molecule has 3 rings (SSSR count). The van der Waals surface area contributed by atoms with Gasteiger partial charge in [-0.3, -0.25) is 9.59 Å². The van der Waals surface area contributed by atoms with E-state index in [1.54, 1.807) is 17.0 Å². The lowest BCUT2D eigenvalue weighted by molar-refractivity contribution is -0.132. The van der Waals surface area contributed by atoms with E-state index in [1.165, 1.54) is 23.4 Å². The van der Waals surface area contributed by atoms with Crippen molar-refractivity contribution in [3.63, 3.8) is 0 Å². The molecule has 0 radical (unpaired) electrons. The van der Waals surface area contributed by atoms with E-state index in [0.29, 0.717) is 38.2 Å². The van der Waals surface area contributed by atoms with E-state index >= 15 is 0 Å². The Labute approximate surface area is 142 Å². The van der Waals surface area contributed by atoms with Crippen LogP contribution in [0.2, 0.25) is 0 Å². The van der Waals surface area contributed by atoms with Gasteiger partial charge in [0, 0.05) is 37.7 Å². The maximum atomic E-state index is 12.8. The highest BCUT2D eigenvalue weighted by atomic mass is 32.2. The fraction of sp³-hybridized carbons (Fsp3) is 0.529. The molecule has 1 aromatic rings. The number of nitrogens with zero attached hydrogens (tertiary/aromatic N) is 2. The number of carbonyl (C=O) groups is 2. The summed E-state index contributed by atoms with van der Waals surface area (Å²) in [4.78, 5) is 25.6. The highest BCUT2D eigenvalue weighted by Crippen LogP contribution is 2.31. The summed E-state index contributed by atoms with van der Waals surface area (Å²) < 4.78 is 27.1. The van der Waals surface area contributed by atoms with Crippen molar-refractivity contribution < 1.29 is 18.0 Å². The molecular formula is C17H22N2O4S. The van der Waals surface area contributed by atoms with Crippen molar-refractivity contribution >= 4 is 21.7 Å². The van der Waals surface area contributed by atoms with Gasteiger partial charge in [-0.25, -0.2) is 8.42 Å². The zero-order valence-electron chi connectivity index (χ0n) is 13.8. The predicted molar refractivity (Wildman–Crippen MR) is 89.1 cm³/mol. The van der Waals surface area contributed by atoms with Gasteiger partial charge in [-0.05, 0) is 38.3 Å². The van der Waals surface area contributed by atoms with Crippen LogP contribution in [0, 0.1) is 5.92 Å². The fourth-order valence-electron chi connectivity index (χ4n) is 2.97. The Hall–Kier alpha value is -1.73. The lowest BCUT2D eigenvalue weighted by Gasteiger charge is -2.22. The van der Waals surface area contributed by atoms with Gasteiger partial charge in [0.1, 0.15) is 0 Å². The molecule has 1 saturated carbocycles. The van der Waals surface area contributed by atoms with Crippen LogP contribution in [0.3, 0.4) is 0 Å². The van der Waals surface area contributed by atoms with Gasteiger partial charge >= 0.3 is 0 Å². The first-order valence-corrected chi connectivity index (χ1v) is 9.73. The van der Waals surface area contributed by atoms with E-state index in [0.717, 1.165) is 12.8 Å². The van der Waals surface area contributed by atoms with Crippen molar-refractivity contribution in [2.75, 3.05) is 26.2 Å². The van der Waals surface area contributed by atoms with Crippen LogP contribution in [0.5, 0.6) is 0 Å². The molecule has 0 spiro atoms. The Morgan fingerprint density at radius 2 is 1.83 bits per heavy atom. The van der Waals surface area contributed by atoms with Crippen LogP contribution in [0.15, 0.2) is 29.2 Å². The standard InChI is InChI=1S/C17H22N2O4S/c1-13(20)15-4-2-5-16(12-15)24(22,23)19-9-3-8-18(10-11-19)17(21)14-6-7-14/h2,4-5,12,14H,3,6-11H2,1H3. The normalized spacial score (nSPS) is 19.8. The number of rotatable bonds is 4. The first-order chi connectivity index (χ1) is 11.4. The first-order valence-electron chi connectivity index (χ1n) is 8.29. The van der Waals surface area contributed by atoms with Gasteiger partial charge in [0.2, 0.25) is 15.9 Å². The van der Waals surface area contributed by atoms with Crippen LogP contribution in [0.4, 0.5) is 0 Å². The molecule has 1 aromatic carbocycles. The van der Waals surface area contributed by atoms with Crippen molar-refractivity contribution in [1.29, 1.82) is 0 Å². The minimum Gasteiger partial charge on any atom is -0.341 e. The summed E-state index contributed by atoms with van der Waals surface area (Å²) in [6.45, 7) is 3.14. The quantitative estimate of drug-likeness (QED) is 0.772. The minimum atomic E-state index is -3.65. The van der Waals surface area contributed by atoms with Gasteiger partial charge in [0.15, 0.2) is 5.78 Å². The molecule has 0 bridgehead atoms. The Morgan fingerprint density at radius 3 is 2.50 bits per heavy atom. The molecule has 1 aliphatic heterocycles. The Balaban J connectivity index is 1.76. The smallest absolute Gasteiger partial charge is 0.243 e. The summed E-state index contributed by atoms with van der Waals surface area (Å²) in [6.07, 6.45) is 2.54. The van der Waals surface area contributed by atoms with Crippen LogP contribution in [0.1, 0.15) is 36.5 Å². The number of Topliss-reactive ketones (excluding diaryl/α,β-unsaturated/α-hetero) is 1. The van der Waals surface area contributed by atoms with Crippen molar-refractivity contribution in [2.45, 2.75) is 31.1 Å². The van der Waals surface area contributed by atoms with Gasteiger partial charge in [-0.2, -0.15) is 4.31 Å². The maximum Gasteiger partial charge on any atom is 0.243 e. The SMILES string of the molecule is CC(=O)c1cccc(S(=O)(=O)N2CCCN(C(=O)C3CC3)CC2)c1. The van der Waals surface area contributed by atoms with Crippen LogP contribution in [0.25, 0.3) is 0 Å². The molecule has 1 saturated heterocycles. The van der Waals surface area contributed by atoms with Crippen LogP contribution < -0.4 is 0 Å². The van der Waals surface area contributed by atoms with Crippen molar-refractivity contribution in [3.8, 4) is 0 Å². The summed E-state index contributed by atoms with van der Waals surface area (Å²) in [5.41, 5.74) is 0.386. The third-order valence-electron chi connectivity index (χ3n) is 4.57. The number of amides is 1. The second kappa shape index (κ2) is 6.64. The van der Waals surface area contributed by atoms with Crippen LogP contribution in [-0.4, -0.2) is 55.5 Å². The van der Waals surface area contributed by atoms with E-state index in [4.69, 9.17) is 0 Å². The molecule has 0 N–H and O–H groups in total. The molecule has 1 aliphatic carbocycles. The van der Waals surface area contributed by atoms with Crippen molar-refractivity contribution in [1.82, 2.24) is 9.21 Å². The molecule has 0 unspecified atom stereocenters. The number of benzene rings is 1. The van der Waals surface area contributed by atoms with Gasteiger partial charge in [-0.1, -0.05) is 12.1 Å². The summed E-state index contributed by atoms with van der Waals surface area (Å²) in [5, 5.41) is 0. The Bertz CT molecular complexity index is 756. The summed E-state index contributed by atoms with van der Waals surface area (Å²) in [7, 11) is -3.65. The lowest BCUT2D eigenvalue weighted by Crippen LogP contribution is -2.38. The molecule has 1 heterocycles. The number of hydrogen-bond donors (Lipinski definition) is 0. The van der Waals surface area contributed by atoms with E-state index in [2.05, 4.69) is 0 Å². The summed E-state index contributed by atoms with van der Waals surface area (Å²) in [6, 6.07) is 6.14. The minimum absolute atomic E-state index is 0.136. The largest absolute Gasteiger partial charge is 0.341 e. The molecule has 0 atom stereocenters. The zero-order chi connectivity index (χ0) is 17.3. The molecule has 2 fully saturated rings. The molecule has 0 aromatic heterocycles. The number of sulfonamides is 1. The molecular weight excluding hydrogens is 328 g/mol. The van der Waals surface area contributed by atoms with Crippen molar-refractivity contribution in [2.24, 2.45) is 5.92 Å². The van der Waals surface area contributed by atoms with Gasteiger partial charge in [-0.15, -0.1) is 0 Å². The maximum absolute atomic E-state index is 12.8. The monoisotopic (exact) mass is 350 g/mol. The van der Waals surface area contributed by atoms with Crippen LogP contribution >= 0.6 is 0 Å². The highest BCUT2D eigenvalue weighted by molar-refractivity contribution is 7.89. The number of hydrogen-bond acceptors (Lipinski definition) is 4. The van der Waals surface area contributed by atoms with Crippen molar-refractivity contribution in [3.05, 3.63) is 29.8 Å². The molecule has 1 amide bonds. The third kappa shape index (κ3) is 3.52. The topological polar surface area (TPSA) is 74.8 Å². The average molecular weight is 350 g/mol. The van der Waals surface area contributed by atoms with Crippen LogP contribution in [-0.2, 0) is 14.8 Å². The van der Waals surface area contributed by atoms with E-state index in [1.807, 2.05) is 0 Å². The summed E-state index contributed by atoms with van der Waals surface area (Å²) in [5.74, 6) is 0.150. The Kier molecular flexibility index (Phi) is 4.73.